The summed E-state index contributed by atoms with van der Waals surface area (Å²) in [5.74, 6) is -1.84. The topological polar surface area (TPSA) is 72.9 Å². The zero-order valence-electron chi connectivity index (χ0n) is 9.99. The Bertz CT molecular complexity index is 667. The van der Waals surface area contributed by atoms with Crippen molar-refractivity contribution in [2.75, 3.05) is 5.73 Å². The lowest BCUT2D eigenvalue weighted by Gasteiger charge is -2.13. The molecule has 0 aliphatic carbocycles. The summed E-state index contributed by atoms with van der Waals surface area (Å²) in [6.45, 7) is 0.286. The first-order chi connectivity index (χ1) is 9.06. The summed E-state index contributed by atoms with van der Waals surface area (Å²) in [4.78, 5) is 15.1. The number of hydrogen-bond acceptors (Lipinski definition) is 3. The van der Waals surface area contributed by atoms with Crippen LogP contribution in [-0.2, 0) is 11.3 Å². The molecule has 3 rings (SSSR count). The van der Waals surface area contributed by atoms with Crippen LogP contribution in [0.1, 0.15) is 12.8 Å². The van der Waals surface area contributed by atoms with Gasteiger partial charge in [0, 0.05) is 19.0 Å². The predicted octanol–water partition coefficient (Wildman–Crippen LogP) is 1.18. The Morgan fingerprint density at radius 3 is 2.95 bits per heavy atom. The Labute approximate surface area is 107 Å². The van der Waals surface area contributed by atoms with Crippen molar-refractivity contribution in [1.82, 2.24) is 14.9 Å². The Kier molecular flexibility index (Phi) is 2.62. The molecule has 0 spiro atoms. The van der Waals surface area contributed by atoms with Gasteiger partial charge < -0.3 is 15.6 Å². The number of amides is 1. The van der Waals surface area contributed by atoms with E-state index >= 15 is 0 Å². The number of imidazole rings is 1. The van der Waals surface area contributed by atoms with Crippen molar-refractivity contribution < 1.29 is 13.6 Å². The summed E-state index contributed by atoms with van der Waals surface area (Å²) in [6.07, 6.45) is 1.09. The van der Waals surface area contributed by atoms with E-state index in [1.807, 2.05) is 0 Å². The Balaban J connectivity index is 2.04. The fourth-order valence-corrected chi connectivity index (χ4v) is 2.39. The highest BCUT2D eigenvalue weighted by molar-refractivity contribution is 5.80. The number of anilines is 1. The second-order valence-corrected chi connectivity index (χ2v) is 4.61. The van der Waals surface area contributed by atoms with E-state index in [2.05, 4.69) is 10.3 Å². The van der Waals surface area contributed by atoms with Crippen molar-refractivity contribution >= 4 is 22.9 Å². The highest BCUT2D eigenvalue weighted by atomic mass is 19.2. The molecule has 2 aromatic rings. The molecule has 1 aromatic heterocycles. The van der Waals surface area contributed by atoms with Crippen LogP contribution < -0.4 is 11.1 Å². The number of nitrogens with two attached hydrogens (primary N) is 1. The molecule has 1 unspecified atom stereocenters. The van der Waals surface area contributed by atoms with E-state index < -0.39 is 11.6 Å². The summed E-state index contributed by atoms with van der Waals surface area (Å²) in [5.41, 5.74) is 6.08. The number of aromatic nitrogens is 2. The third-order valence-electron chi connectivity index (χ3n) is 3.32. The van der Waals surface area contributed by atoms with Gasteiger partial charge in [-0.2, -0.15) is 0 Å². The standard InChI is InChI=1S/C12H12F2N4O/c13-7-2-3-8-11(10(7)14)18(12(15)17-8)5-6-1-4-9(19)16-6/h2-3,6H,1,4-5H2,(H2,15,17)(H,16,19). The highest BCUT2D eigenvalue weighted by Gasteiger charge is 2.24. The molecule has 2 heterocycles. The lowest BCUT2D eigenvalue weighted by molar-refractivity contribution is -0.119. The van der Waals surface area contributed by atoms with E-state index in [4.69, 9.17) is 5.73 Å². The number of rotatable bonds is 2. The molecule has 1 aliphatic heterocycles. The first kappa shape index (κ1) is 11.9. The van der Waals surface area contributed by atoms with Crippen molar-refractivity contribution in [3.8, 4) is 0 Å². The summed E-state index contributed by atoms with van der Waals surface area (Å²) in [5, 5.41) is 2.76. The molecule has 1 saturated heterocycles. The van der Waals surface area contributed by atoms with Gasteiger partial charge >= 0.3 is 0 Å². The normalized spacial score (nSPS) is 19.1. The van der Waals surface area contributed by atoms with Crippen LogP contribution in [0.25, 0.3) is 11.0 Å². The molecule has 1 amide bonds. The quantitative estimate of drug-likeness (QED) is 0.857. The molecule has 3 N–H and O–H groups in total. The van der Waals surface area contributed by atoms with Crippen LogP contribution in [0, 0.1) is 11.6 Å². The Morgan fingerprint density at radius 1 is 1.47 bits per heavy atom. The molecular weight excluding hydrogens is 254 g/mol. The van der Waals surface area contributed by atoms with E-state index in [1.54, 1.807) is 0 Å². The Morgan fingerprint density at radius 2 is 2.26 bits per heavy atom. The number of benzene rings is 1. The van der Waals surface area contributed by atoms with Crippen molar-refractivity contribution in [3.63, 3.8) is 0 Å². The zero-order valence-corrected chi connectivity index (χ0v) is 9.99. The van der Waals surface area contributed by atoms with Crippen LogP contribution in [0.5, 0.6) is 0 Å². The number of halogens is 2. The second kappa shape index (κ2) is 4.18. The van der Waals surface area contributed by atoms with Gasteiger partial charge in [0.1, 0.15) is 5.52 Å². The minimum absolute atomic E-state index is 0.0404. The van der Waals surface area contributed by atoms with Crippen molar-refractivity contribution in [1.29, 1.82) is 0 Å². The van der Waals surface area contributed by atoms with Gasteiger partial charge in [0.25, 0.3) is 0 Å². The highest BCUT2D eigenvalue weighted by Crippen LogP contribution is 2.24. The maximum Gasteiger partial charge on any atom is 0.220 e. The third kappa shape index (κ3) is 1.91. The van der Waals surface area contributed by atoms with E-state index in [-0.39, 0.29) is 30.0 Å². The molecular formula is C12H12F2N4O. The predicted molar refractivity (Wildman–Crippen MR) is 65.2 cm³/mol. The molecule has 19 heavy (non-hydrogen) atoms. The van der Waals surface area contributed by atoms with Gasteiger partial charge in [-0.05, 0) is 18.6 Å². The average molecular weight is 266 g/mol. The minimum Gasteiger partial charge on any atom is -0.369 e. The van der Waals surface area contributed by atoms with Crippen molar-refractivity contribution in [2.45, 2.75) is 25.4 Å². The van der Waals surface area contributed by atoms with Crippen molar-refractivity contribution in [2.24, 2.45) is 0 Å². The monoisotopic (exact) mass is 266 g/mol. The summed E-state index contributed by atoms with van der Waals surface area (Å²) >= 11 is 0. The van der Waals surface area contributed by atoms with Gasteiger partial charge in [0.15, 0.2) is 11.6 Å². The molecule has 0 saturated carbocycles. The molecule has 0 bridgehead atoms. The van der Waals surface area contributed by atoms with Crippen LogP contribution in [-0.4, -0.2) is 21.5 Å². The molecule has 1 fully saturated rings. The Hall–Kier alpha value is -2.18. The maximum atomic E-state index is 13.8. The fraction of sp³-hybridized carbons (Fsp3) is 0.333. The number of fused-ring (bicyclic) bond motifs is 1. The molecule has 7 heteroatoms. The van der Waals surface area contributed by atoms with Crippen LogP contribution in [0.15, 0.2) is 12.1 Å². The first-order valence-electron chi connectivity index (χ1n) is 5.95. The lowest BCUT2D eigenvalue weighted by atomic mass is 10.2. The van der Waals surface area contributed by atoms with Gasteiger partial charge in [-0.1, -0.05) is 0 Å². The van der Waals surface area contributed by atoms with Gasteiger partial charge in [0.05, 0.1) is 5.52 Å². The summed E-state index contributed by atoms with van der Waals surface area (Å²) in [7, 11) is 0. The number of nitrogens with zero attached hydrogens (tertiary/aromatic N) is 2. The van der Waals surface area contributed by atoms with E-state index in [9.17, 15) is 13.6 Å². The minimum atomic E-state index is -0.967. The first-order valence-corrected chi connectivity index (χ1v) is 5.95. The van der Waals surface area contributed by atoms with Gasteiger partial charge in [-0.25, -0.2) is 13.8 Å². The SMILES string of the molecule is Nc1nc2ccc(F)c(F)c2n1CC1CCC(=O)N1. The zero-order chi connectivity index (χ0) is 13.6. The third-order valence-corrected chi connectivity index (χ3v) is 3.32. The second-order valence-electron chi connectivity index (χ2n) is 4.61. The number of hydrogen-bond donors (Lipinski definition) is 2. The summed E-state index contributed by atoms with van der Waals surface area (Å²) < 4.78 is 28.5. The van der Waals surface area contributed by atoms with Crippen LogP contribution in [0.4, 0.5) is 14.7 Å². The molecule has 1 atom stereocenters. The van der Waals surface area contributed by atoms with E-state index in [0.717, 1.165) is 6.07 Å². The number of nitrogen functional groups attached to an aromatic ring is 1. The number of carbonyl (C=O) groups excluding carboxylic acids is 1. The van der Waals surface area contributed by atoms with Crippen LogP contribution in [0.3, 0.4) is 0 Å². The molecule has 5 nitrogen and oxygen atoms in total. The number of carbonyl (C=O) groups is 1. The smallest absolute Gasteiger partial charge is 0.220 e. The van der Waals surface area contributed by atoms with Gasteiger partial charge in [-0.3, -0.25) is 4.79 Å². The molecule has 1 aromatic carbocycles. The van der Waals surface area contributed by atoms with E-state index in [0.29, 0.717) is 18.4 Å². The molecule has 100 valence electrons. The lowest BCUT2D eigenvalue weighted by Crippen LogP contribution is -2.30. The van der Waals surface area contributed by atoms with Crippen molar-refractivity contribution in [3.05, 3.63) is 23.8 Å². The van der Waals surface area contributed by atoms with Gasteiger partial charge in [-0.15, -0.1) is 0 Å². The average Bonchev–Trinajstić information content (AvgIpc) is 2.90. The molecule has 1 aliphatic rings. The van der Waals surface area contributed by atoms with Crippen LogP contribution >= 0.6 is 0 Å². The molecule has 0 radical (unpaired) electrons. The maximum absolute atomic E-state index is 13.8. The van der Waals surface area contributed by atoms with Gasteiger partial charge in [0.2, 0.25) is 11.9 Å². The van der Waals surface area contributed by atoms with E-state index in [1.165, 1.54) is 10.6 Å². The summed E-state index contributed by atoms with van der Waals surface area (Å²) in [6, 6.07) is 2.27. The van der Waals surface area contributed by atoms with Crippen LogP contribution in [0.2, 0.25) is 0 Å². The number of nitrogens with one attached hydrogen (secondary N) is 1. The largest absolute Gasteiger partial charge is 0.369 e. The fourth-order valence-electron chi connectivity index (χ4n) is 2.39.